The van der Waals surface area contributed by atoms with Crippen LogP contribution in [0.25, 0.3) is 0 Å². The van der Waals surface area contributed by atoms with E-state index in [0.29, 0.717) is 13.0 Å². The van der Waals surface area contributed by atoms with Crippen molar-refractivity contribution in [1.29, 1.82) is 0 Å². The van der Waals surface area contributed by atoms with E-state index in [9.17, 15) is 0 Å². The third kappa shape index (κ3) is 2.65. The Morgan fingerprint density at radius 1 is 1.59 bits per heavy atom. The van der Waals surface area contributed by atoms with Gasteiger partial charge in [-0.05, 0) is 30.4 Å². The number of hydrogen-bond acceptors (Lipinski definition) is 4. The topological polar surface area (TPSA) is 68.9 Å². The molecule has 1 aromatic rings. The minimum Gasteiger partial charge on any atom is -0.497 e. The molecule has 6 heteroatoms. The molecule has 0 radical (unpaired) electrons. The molecular weight excluding hydrogens is 238 g/mol. The number of fused-ring (bicyclic) bond motifs is 1. The maximum absolute atomic E-state index is 5.53. The first-order valence-electron chi connectivity index (χ1n) is 5.14. The number of hydrogen-bond donors (Lipinski definition) is 2. The van der Waals surface area contributed by atoms with Crippen molar-refractivity contribution in [2.75, 3.05) is 13.7 Å². The van der Waals surface area contributed by atoms with Crippen LogP contribution in [0.3, 0.4) is 0 Å². The van der Waals surface area contributed by atoms with Gasteiger partial charge in [0.1, 0.15) is 11.5 Å². The van der Waals surface area contributed by atoms with Crippen molar-refractivity contribution in [3.8, 4) is 11.5 Å². The number of rotatable bonds is 2. The lowest BCUT2D eigenvalue weighted by Gasteiger charge is -2.19. The van der Waals surface area contributed by atoms with Crippen LogP contribution in [0.15, 0.2) is 23.3 Å². The summed E-state index contributed by atoms with van der Waals surface area (Å²) in [5.74, 6) is 1.55. The van der Waals surface area contributed by atoms with Gasteiger partial charge >= 0.3 is 0 Å². The summed E-state index contributed by atoms with van der Waals surface area (Å²) in [5.41, 5.74) is 9.70. The SMILES string of the molecule is COc1ccc2c(c1)C(=NNC(N)=S)CCO2. The average Bonchev–Trinajstić information content (AvgIpc) is 2.35. The molecule has 0 spiro atoms. The molecule has 0 saturated carbocycles. The fourth-order valence-corrected chi connectivity index (χ4v) is 1.66. The van der Waals surface area contributed by atoms with Crippen LogP contribution in [0.4, 0.5) is 0 Å². The smallest absolute Gasteiger partial charge is 0.184 e. The molecule has 2 rings (SSSR count). The third-order valence-corrected chi connectivity index (χ3v) is 2.49. The summed E-state index contributed by atoms with van der Waals surface area (Å²) in [6.07, 6.45) is 0.704. The van der Waals surface area contributed by atoms with E-state index in [1.54, 1.807) is 7.11 Å². The predicted octanol–water partition coefficient (Wildman–Crippen LogP) is 1.02. The van der Waals surface area contributed by atoms with Gasteiger partial charge in [0.2, 0.25) is 0 Å². The van der Waals surface area contributed by atoms with Gasteiger partial charge in [-0.3, -0.25) is 5.43 Å². The number of methoxy groups -OCH3 is 1. The Hall–Kier alpha value is -1.82. The molecular formula is C11H13N3O2S. The molecule has 90 valence electrons. The van der Waals surface area contributed by atoms with E-state index >= 15 is 0 Å². The summed E-state index contributed by atoms with van der Waals surface area (Å²) in [7, 11) is 1.62. The highest BCUT2D eigenvalue weighted by Crippen LogP contribution is 2.28. The van der Waals surface area contributed by atoms with Gasteiger partial charge in [0.25, 0.3) is 0 Å². The second-order valence-electron chi connectivity index (χ2n) is 3.50. The maximum Gasteiger partial charge on any atom is 0.184 e. The van der Waals surface area contributed by atoms with Crippen molar-refractivity contribution in [2.45, 2.75) is 6.42 Å². The fraction of sp³-hybridized carbons (Fsp3) is 0.273. The summed E-state index contributed by atoms with van der Waals surface area (Å²) in [6, 6.07) is 5.60. The largest absolute Gasteiger partial charge is 0.497 e. The number of nitrogens with zero attached hydrogens (tertiary/aromatic N) is 1. The molecule has 0 atom stereocenters. The molecule has 0 fully saturated rings. The van der Waals surface area contributed by atoms with Crippen molar-refractivity contribution < 1.29 is 9.47 Å². The maximum atomic E-state index is 5.53. The van der Waals surface area contributed by atoms with Crippen molar-refractivity contribution in [1.82, 2.24) is 5.43 Å². The van der Waals surface area contributed by atoms with E-state index < -0.39 is 0 Å². The van der Waals surface area contributed by atoms with Crippen LogP contribution in [0.2, 0.25) is 0 Å². The molecule has 1 aliphatic heterocycles. The first kappa shape index (κ1) is 11.7. The Morgan fingerprint density at radius 2 is 2.41 bits per heavy atom. The Balaban J connectivity index is 2.35. The Kier molecular flexibility index (Phi) is 3.43. The Morgan fingerprint density at radius 3 is 3.12 bits per heavy atom. The summed E-state index contributed by atoms with van der Waals surface area (Å²) < 4.78 is 10.7. The van der Waals surface area contributed by atoms with Crippen LogP contribution in [-0.4, -0.2) is 24.5 Å². The van der Waals surface area contributed by atoms with E-state index in [4.69, 9.17) is 27.4 Å². The quantitative estimate of drug-likeness (QED) is 0.606. The summed E-state index contributed by atoms with van der Waals surface area (Å²) in [4.78, 5) is 0. The second kappa shape index (κ2) is 5.01. The number of thiocarbonyl (C=S) groups is 1. The molecule has 0 unspecified atom stereocenters. The first-order chi connectivity index (χ1) is 8.20. The lowest BCUT2D eigenvalue weighted by atomic mass is 10.0. The second-order valence-corrected chi connectivity index (χ2v) is 3.93. The summed E-state index contributed by atoms with van der Waals surface area (Å²) in [5, 5.41) is 4.31. The zero-order valence-electron chi connectivity index (χ0n) is 9.40. The molecule has 1 aliphatic rings. The van der Waals surface area contributed by atoms with Crippen LogP contribution in [-0.2, 0) is 0 Å². The molecule has 1 aromatic carbocycles. The highest BCUT2D eigenvalue weighted by molar-refractivity contribution is 7.80. The summed E-state index contributed by atoms with van der Waals surface area (Å²) in [6.45, 7) is 0.594. The van der Waals surface area contributed by atoms with E-state index in [2.05, 4.69) is 10.5 Å². The lowest BCUT2D eigenvalue weighted by molar-refractivity contribution is 0.319. The minimum absolute atomic E-state index is 0.147. The van der Waals surface area contributed by atoms with Crippen molar-refractivity contribution >= 4 is 23.0 Å². The predicted molar refractivity (Wildman–Crippen MR) is 69.6 cm³/mol. The molecule has 0 bridgehead atoms. The van der Waals surface area contributed by atoms with Gasteiger partial charge in [0.05, 0.1) is 19.4 Å². The lowest BCUT2D eigenvalue weighted by Crippen LogP contribution is -2.27. The normalized spacial score (nSPS) is 15.9. The molecule has 3 N–H and O–H groups in total. The Labute approximate surface area is 105 Å². The number of nitrogens with two attached hydrogens (primary N) is 1. The molecule has 0 aliphatic carbocycles. The minimum atomic E-state index is 0.147. The zero-order chi connectivity index (χ0) is 12.3. The number of nitrogens with one attached hydrogen (secondary N) is 1. The Bertz CT molecular complexity index is 474. The molecule has 0 aromatic heterocycles. The molecule has 17 heavy (non-hydrogen) atoms. The van der Waals surface area contributed by atoms with Crippen molar-refractivity contribution in [2.24, 2.45) is 10.8 Å². The molecule has 1 heterocycles. The molecule has 0 saturated heterocycles. The van der Waals surface area contributed by atoms with Crippen molar-refractivity contribution in [3.63, 3.8) is 0 Å². The van der Waals surface area contributed by atoms with E-state index in [1.807, 2.05) is 18.2 Å². The third-order valence-electron chi connectivity index (χ3n) is 2.40. The van der Waals surface area contributed by atoms with Gasteiger partial charge in [-0.15, -0.1) is 0 Å². The van der Waals surface area contributed by atoms with Crippen molar-refractivity contribution in [3.05, 3.63) is 23.8 Å². The summed E-state index contributed by atoms with van der Waals surface area (Å²) >= 11 is 4.71. The number of ether oxygens (including phenoxy) is 2. The standard InChI is InChI=1S/C11H13N3O2S/c1-15-7-2-3-10-8(6-7)9(4-5-16-10)13-14-11(12)17/h2-3,6H,4-5H2,1H3,(H3,12,14,17). The highest BCUT2D eigenvalue weighted by Gasteiger charge is 2.17. The average molecular weight is 251 g/mol. The molecule has 5 nitrogen and oxygen atoms in total. The van der Waals surface area contributed by atoms with Crippen LogP contribution >= 0.6 is 12.2 Å². The van der Waals surface area contributed by atoms with Gasteiger partial charge in [-0.1, -0.05) is 0 Å². The first-order valence-corrected chi connectivity index (χ1v) is 5.55. The van der Waals surface area contributed by atoms with E-state index in [0.717, 1.165) is 22.8 Å². The van der Waals surface area contributed by atoms with Crippen LogP contribution in [0.1, 0.15) is 12.0 Å². The van der Waals surface area contributed by atoms with Gasteiger partial charge < -0.3 is 15.2 Å². The van der Waals surface area contributed by atoms with Gasteiger partial charge in [0, 0.05) is 12.0 Å². The van der Waals surface area contributed by atoms with Gasteiger partial charge in [-0.2, -0.15) is 5.10 Å². The van der Waals surface area contributed by atoms with E-state index in [-0.39, 0.29) is 5.11 Å². The van der Waals surface area contributed by atoms with E-state index in [1.165, 1.54) is 0 Å². The fourth-order valence-electron chi connectivity index (χ4n) is 1.62. The zero-order valence-corrected chi connectivity index (χ0v) is 10.2. The highest BCUT2D eigenvalue weighted by atomic mass is 32.1. The monoisotopic (exact) mass is 251 g/mol. The molecule has 0 amide bonds. The van der Waals surface area contributed by atoms with Gasteiger partial charge in [-0.25, -0.2) is 0 Å². The number of benzene rings is 1. The van der Waals surface area contributed by atoms with Crippen LogP contribution in [0.5, 0.6) is 11.5 Å². The van der Waals surface area contributed by atoms with Crippen LogP contribution in [0, 0.1) is 0 Å². The van der Waals surface area contributed by atoms with Crippen LogP contribution < -0.4 is 20.6 Å². The number of hydrazone groups is 1. The van der Waals surface area contributed by atoms with Gasteiger partial charge in [0.15, 0.2) is 5.11 Å².